The summed E-state index contributed by atoms with van der Waals surface area (Å²) in [6.45, 7) is 2.62. The zero-order chi connectivity index (χ0) is 19.2. The van der Waals surface area contributed by atoms with E-state index in [4.69, 9.17) is 23.2 Å². The molecule has 0 aliphatic carbocycles. The molecule has 0 amide bonds. The summed E-state index contributed by atoms with van der Waals surface area (Å²) >= 11 is 13.7. The lowest BCUT2D eigenvalue weighted by Gasteiger charge is -2.23. The van der Waals surface area contributed by atoms with Crippen molar-refractivity contribution in [1.82, 2.24) is 0 Å². The van der Waals surface area contributed by atoms with Crippen molar-refractivity contribution in [2.75, 3.05) is 61.0 Å². The maximum Gasteiger partial charge on any atom is 0.0606 e. The molecule has 0 spiro atoms. The number of halogens is 2. The van der Waals surface area contributed by atoms with Crippen molar-refractivity contribution in [3.05, 3.63) is 36.4 Å². The lowest BCUT2D eigenvalue weighted by Crippen LogP contribution is -2.29. The number of nitrogens with zero attached hydrogens (tertiary/aromatic N) is 2. The molecule has 3 rings (SSSR count). The normalized spacial score (nSPS) is 11.4. The molecule has 3 aromatic rings. The maximum absolute atomic E-state index is 9.32. The van der Waals surface area contributed by atoms with Crippen LogP contribution in [-0.4, -0.2) is 61.4 Å². The summed E-state index contributed by atoms with van der Waals surface area (Å²) in [5.74, 6) is 1.11. The predicted octanol–water partition coefficient (Wildman–Crippen LogP) is 4.13. The van der Waals surface area contributed by atoms with Crippen molar-refractivity contribution in [2.45, 2.75) is 0 Å². The van der Waals surface area contributed by atoms with E-state index in [0.717, 1.165) is 24.5 Å². The van der Waals surface area contributed by atoms with Gasteiger partial charge in [0.1, 0.15) is 0 Å². The van der Waals surface area contributed by atoms with Gasteiger partial charge in [-0.2, -0.15) is 0 Å². The summed E-state index contributed by atoms with van der Waals surface area (Å²) in [6, 6.07) is 12.8. The van der Waals surface area contributed by atoms with Crippen LogP contribution in [0.5, 0.6) is 0 Å². The third kappa shape index (κ3) is 4.61. The Labute approximate surface area is 173 Å². The molecule has 1 heterocycles. The quantitative estimate of drug-likeness (QED) is 0.478. The lowest BCUT2D eigenvalue weighted by atomic mass is 10.1. The number of hydrogen-bond acceptors (Lipinski definition) is 5. The second kappa shape index (κ2) is 9.80. The second-order valence-electron chi connectivity index (χ2n) is 6.26. The van der Waals surface area contributed by atoms with Crippen LogP contribution in [0.2, 0.25) is 0 Å². The Hall–Kier alpha value is -1.24. The minimum atomic E-state index is 0.0540. The molecule has 0 atom stereocenters. The predicted molar refractivity (Wildman–Crippen MR) is 119 cm³/mol. The summed E-state index contributed by atoms with van der Waals surface area (Å²) in [5, 5.41) is 21.0. The monoisotopic (exact) mass is 426 g/mol. The number of benzene rings is 2. The minimum absolute atomic E-state index is 0.0540. The number of anilines is 2. The zero-order valence-electron chi connectivity index (χ0n) is 15.1. The fraction of sp³-hybridized carbons (Fsp3) is 0.400. The number of aliphatic hydroxyl groups excluding tert-OH is 2. The van der Waals surface area contributed by atoms with E-state index in [-0.39, 0.29) is 13.2 Å². The molecular formula is C20H24Cl2N2O2S. The maximum atomic E-state index is 9.32. The number of thiophene rings is 1. The third-order valence-electron chi connectivity index (χ3n) is 4.62. The van der Waals surface area contributed by atoms with E-state index in [1.807, 2.05) is 4.90 Å². The fourth-order valence-corrected chi connectivity index (χ4v) is 4.81. The average Bonchev–Trinajstić information content (AvgIpc) is 3.04. The van der Waals surface area contributed by atoms with Crippen LogP contribution < -0.4 is 9.80 Å². The van der Waals surface area contributed by atoms with Crippen LogP contribution in [0.25, 0.3) is 20.2 Å². The van der Waals surface area contributed by atoms with Crippen LogP contribution in [0.3, 0.4) is 0 Å². The van der Waals surface area contributed by atoms with Crippen molar-refractivity contribution in [3.8, 4) is 0 Å². The van der Waals surface area contributed by atoms with E-state index >= 15 is 0 Å². The lowest BCUT2D eigenvalue weighted by molar-refractivity contribution is 0.281. The highest BCUT2D eigenvalue weighted by Crippen LogP contribution is 2.38. The van der Waals surface area contributed by atoms with Gasteiger partial charge in [0.25, 0.3) is 0 Å². The van der Waals surface area contributed by atoms with Crippen molar-refractivity contribution >= 4 is 66.1 Å². The van der Waals surface area contributed by atoms with Crippen molar-refractivity contribution in [3.63, 3.8) is 0 Å². The van der Waals surface area contributed by atoms with Gasteiger partial charge in [-0.15, -0.1) is 34.5 Å². The first-order chi connectivity index (χ1) is 13.2. The smallest absolute Gasteiger partial charge is 0.0606 e. The van der Waals surface area contributed by atoms with Gasteiger partial charge in [0.15, 0.2) is 0 Å². The van der Waals surface area contributed by atoms with Gasteiger partial charge in [0, 0.05) is 69.5 Å². The molecule has 146 valence electrons. The van der Waals surface area contributed by atoms with E-state index < -0.39 is 0 Å². The van der Waals surface area contributed by atoms with Crippen LogP contribution in [0, 0.1) is 0 Å². The Morgan fingerprint density at radius 2 is 1.15 bits per heavy atom. The van der Waals surface area contributed by atoms with Crippen molar-refractivity contribution in [1.29, 1.82) is 0 Å². The SMILES string of the molecule is OCCN(CCO)c1ccc2sc3ccc(N(CCCl)CCCl)cc3c2c1. The largest absolute Gasteiger partial charge is 0.395 e. The molecule has 2 aromatic carbocycles. The van der Waals surface area contributed by atoms with E-state index in [9.17, 15) is 10.2 Å². The molecule has 0 aliphatic rings. The highest BCUT2D eigenvalue weighted by Gasteiger charge is 2.12. The molecule has 1 aromatic heterocycles. The van der Waals surface area contributed by atoms with Crippen LogP contribution >= 0.6 is 34.5 Å². The summed E-state index contributed by atoms with van der Waals surface area (Å²) in [7, 11) is 0. The Bertz CT molecular complexity index is 805. The van der Waals surface area contributed by atoms with Gasteiger partial charge in [0.2, 0.25) is 0 Å². The van der Waals surface area contributed by atoms with E-state index in [0.29, 0.717) is 24.8 Å². The summed E-state index contributed by atoms with van der Waals surface area (Å²) in [6.07, 6.45) is 0. The molecule has 0 saturated carbocycles. The molecule has 0 aliphatic heterocycles. The standard InChI is InChI=1S/C20H24Cl2N2O2S/c21-5-7-23(8-6-22)15-1-3-19-17(13-15)18-14-16(2-4-20(18)27-19)24(9-11-25)10-12-26/h1-4,13-14,25-26H,5-12H2. The summed E-state index contributed by atoms with van der Waals surface area (Å²) in [4.78, 5) is 4.21. The highest BCUT2D eigenvalue weighted by atomic mass is 35.5. The zero-order valence-corrected chi connectivity index (χ0v) is 17.4. The van der Waals surface area contributed by atoms with E-state index in [2.05, 4.69) is 41.3 Å². The number of hydrogen-bond donors (Lipinski definition) is 2. The number of alkyl halides is 2. The highest BCUT2D eigenvalue weighted by molar-refractivity contribution is 7.25. The fourth-order valence-electron chi connectivity index (χ4n) is 3.33. The molecule has 0 unspecified atom stereocenters. The van der Waals surface area contributed by atoms with Crippen LogP contribution in [0.15, 0.2) is 36.4 Å². The topological polar surface area (TPSA) is 46.9 Å². The van der Waals surface area contributed by atoms with Gasteiger partial charge in [-0.25, -0.2) is 0 Å². The van der Waals surface area contributed by atoms with Crippen LogP contribution in [-0.2, 0) is 0 Å². The molecule has 7 heteroatoms. The Kier molecular flexibility index (Phi) is 7.44. The van der Waals surface area contributed by atoms with E-state index in [1.165, 1.54) is 20.2 Å². The Morgan fingerprint density at radius 3 is 1.56 bits per heavy atom. The molecule has 4 nitrogen and oxygen atoms in total. The van der Waals surface area contributed by atoms with Gasteiger partial charge in [-0.1, -0.05) is 0 Å². The van der Waals surface area contributed by atoms with Crippen molar-refractivity contribution < 1.29 is 10.2 Å². The molecule has 2 N–H and O–H groups in total. The van der Waals surface area contributed by atoms with Crippen LogP contribution in [0.1, 0.15) is 0 Å². The molecule has 27 heavy (non-hydrogen) atoms. The first kappa shape index (κ1) is 20.5. The minimum Gasteiger partial charge on any atom is -0.395 e. The van der Waals surface area contributed by atoms with Crippen LogP contribution in [0.4, 0.5) is 11.4 Å². The van der Waals surface area contributed by atoms with Gasteiger partial charge in [-0.05, 0) is 36.4 Å². The molecule has 0 radical (unpaired) electrons. The molecule has 0 bridgehead atoms. The summed E-state index contributed by atoms with van der Waals surface area (Å²) < 4.78 is 2.46. The molecule has 0 saturated heterocycles. The Balaban J connectivity index is 2.05. The number of rotatable bonds is 10. The third-order valence-corrected chi connectivity index (χ3v) is 6.11. The van der Waals surface area contributed by atoms with Gasteiger partial charge >= 0.3 is 0 Å². The van der Waals surface area contributed by atoms with Crippen molar-refractivity contribution in [2.24, 2.45) is 0 Å². The number of aliphatic hydroxyl groups is 2. The average molecular weight is 427 g/mol. The van der Waals surface area contributed by atoms with E-state index in [1.54, 1.807) is 11.3 Å². The second-order valence-corrected chi connectivity index (χ2v) is 8.10. The number of fused-ring (bicyclic) bond motifs is 3. The molecule has 0 fully saturated rings. The Morgan fingerprint density at radius 1 is 0.704 bits per heavy atom. The van der Waals surface area contributed by atoms with Gasteiger partial charge < -0.3 is 20.0 Å². The van der Waals surface area contributed by atoms with Gasteiger partial charge in [0.05, 0.1) is 13.2 Å². The first-order valence-electron chi connectivity index (χ1n) is 9.01. The molecular weight excluding hydrogens is 403 g/mol. The first-order valence-corrected chi connectivity index (χ1v) is 10.9. The van der Waals surface area contributed by atoms with Gasteiger partial charge in [-0.3, -0.25) is 0 Å². The summed E-state index contributed by atoms with van der Waals surface area (Å²) in [5.41, 5.74) is 2.13.